The lowest BCUT2D eigenvalue weighted by Gasteiger charge is -2.40. The van der Waals surface area contributed by atoms with E-state index in [1.807, 2.05) is 11.3 Å². The van der Waals surface area contributed by atoms with Crippen molar-refractivity contribution in [2.45, 2.75) is 39.8 Å². The maximum atomic E-state index is 6.10. The van der Waals surface area contributed by atoms with E-state index in [-0.39, 0.29) is 11.5 Å². The van der Waals surface area contributed by atoms with E-state index in [1.54, 1.807) is 0 Å². The SMILES string of the molecule is CC(N(C)C(CN)c1csc2ccccc12)C(C)(C)C. The molecule has 110 valence electrons. The monoisotopic (exact) mass is 290 g/mol. The van der Waals surface area contributed by atoms with Crippen molar-refractivity contribution in [1.29, 1.82) is 0 Å². The molecule has 2 unspecified atom stereocenters. The number of nitrogens with zero attached hydrogens (tertiary/aromatic N) is 1. The third-order valence-electron chi connectivity index (χ3n) is 4.45. The molecule has 0 aliphatic heterocycles. The number of nitrogens with two attached hydrogens (primary N) is 1. The first-order valence-corrected chi connectivity index (χ1v) is 8.12. The summed E-state index contributed by atoms with van der Waals surface area (Å²) in [5, 5.41) is 3.62. The molecule has 3 heteroatoms. The molecule has 1 aromatic heterocycles. The molecular formula is C17H26N2S. The van der Waals surface area contributed by atoms with Crippen molar-refractivity contribution >= 4 is 21.4 Å². The lowest BCUT2D eigenvalue weighted by Crippen LogP contribution is -2.43. The second-order valence-electron chi connectivity index (χ2n) is 6.65. The van der Waals surface area contributed by atoms with Gasteiger partial charge in [-0.15, -0.1) is 11.3 Å². The zero-order valence-corrected chi connectivity index (χ0v) is 14.0. The molecular weight excluding hydrogens is 264 g/mol. The van der Waals surface area contributed by atoms with E-state index < -0.39 is 0 Å². The normalized spacial score (nSPS) is 15.8. The van der Waals surface area contributed by atoms with Crippen LogP contribution in [0.15, 0.2) is 29.6 Å². The minimum Gasteiger partial charge on any atom is -0.329 e. The van der Waals surface area contributed by atoms with Crippen LogP contribution in [0.4, 0.5) is 0 Å². The van der Waals surface area contributed by atoms with Crippen LogP contribution in [0.1, 0.15) is 39.3 Å². The molecule has 2 N–H and O–H groups in total. The molecule has 0 amide bonds. The Morgan fingerprint density at radius 2 is 1.90 bits per heavy atom. The lowest BCUT2D eigenvalue weighted by atomic mass is 9.86. The largest absolute Gasteiger partial charge is 0.329 e. The summed E-state index contributed by atoms with van der Waals surface area (Å²) in [5.41, 5.74) is 7.71. The number of benzene rings is 1. The Labute approximate surface area is 126 Å². The molecule has 0 bridgehead atoms. The molecule has 1 heterocycles. The van der Waals surface area contributed by atoms with Gasteiger partial charge in [0.25, 0.3) is 0 Å². The van der Waals surface area contributed by atoms with E-state index in [1.165, 1.54) is 15.6 Å². The first kappa shape index (κ1) is 15.5. The number of thiophene rings is 1. The maximum Gasteiger partial charge on any atom is 0.0484 e. The smallest absolute Gasteiger partial charge is 0.0484 e. The molecule has 0 saturated heterocycles. The second-order valence-corrected chi connectivity index (χ2v) is 7.56. The topological polar surface area (TPSA) is 29.3 Å². The van der Waals surface area contributed by atoms with E-state index in [0.29, 0.717) is 12.6 Å². The Kier molecular flexibility index (Phi) is 4.52. The molecule has 2 nitrogen and oxygen atoms in total. The summed E-state index contributed by atoms with van der Waals surface area (Å²) >= 11 is 1.81. The summed E-state index contributed by atoms with van der Waals surface area (Å²) in [4.78, 5) is 2.43. The van der Waals surface area contributed by atoms with Crippen LogP contribution < -0.4 is 5.73 Å². The number of hydrogen-bond acceptors (Lipinski definition) is 3. The van der Waals surface area contributed by atoms with Crippen LogP contribution in [0.25, 0.3) is 10.1 Å². The van der Waals surface area contributed by atoms with Gasteiger partial charge in [-0.25, -0.2) is 0 Å². The third kappa shape index (κ3) is 2.90. The van der Waals surface area contributed by atoms with E-state index >= 15 is 0 Å². The Morgan fingerprint density at radius 3 is 2.50 bits per heavy atom. The van der Waals surface area contributed by atoms with Crippen molar-refractivity contribution in [2.75, 3.05) is 13.6 Å². The predicted molar refractivity (Wildman–Crippen MR) is 90.3 cm³/mol. The number of hydrogen-bond donors (Lipinski definition) is 1. The highest BCUT2D eigenvalue weighted by Gasteiger charge is 2.29. The molecule has 0 spiro atoms. The van der Waals surface area contributed by atoms with Crippen LogP contribution in [-0.2, 0) is 0 Å². The Hall–Kier alpha value is -0.900. The zero-order valence-electron chi connectivity index (χ0n) is 13.2. The summed E-state index contributed by atoms with van der Waals surface area (Å²) in [5.74, 6) is 0. The highest BCUT2D eigenvalue weighted by atomic mass is 32.1. The van der Waals surface area contributed by atoms with Gasteiger partial charge in [-0.05, 0) is 41.8 Å². The van der Waals surface area contributed by atoms with Gasteiger partial charge in [0.05, 0.1) is 0 Å². The van der Waals surface area contributed by atoms with E-state index in [9.17, 15) is 0 Å². The fourth-order valence-corrected chi connectivity index (χ4v) is 3.66. The van der Waals surface area contributed by atoms with Crippen molar-refractivity contribution in [3.63, 3.8) is 0 Å². The van der Waals surface area contributed by atoms with Gasteiger partial charge in [0.15, 0.2) is 0 Å². The summed E-state index contributed by atoms with van der Waals surface area (Å²) in [6.45, 7) is 9.79. The van der Waals surface area contributed by atoms with Crippen molar-refractivity contribution in [1.82, 2.24) is 4.90 Å². The third-order valence-corrected chi connectivity index (χ3v) is 5.43. The van der Waals surface area contributed by atoms with Gasteiger partial charge < -0.3 is 5.73 Å². The summed E-state index contributed by atoms with van der Waals surface area (Å²) < 4.78 is 1.35. The number of rotatable bonds is 4. The van der Waals surface area contributed by atoms with Crippen LogP contribution in [0.3, 0.4) is 0 Å². The fourth-order valence-electron chi connectivity index (χ4n) is 2.65. The Morgan fingerprint density at radius 1 is 1.25 bits per heavy atom. The highest BCUT2D eigenvalue weighted by molar-refractivity contribution is 7.17. The quantitative estimate of drug-likeness (QED) is 0.911. The van der Waals surface area contributed by atoms with Gasteiger partial charge in [0.2, 0.25) is 0 Å². The molecule has 0 aliphatic rings. The standard InChI is InChI=1S/C17H26N2S/c1-12(17(2,3)4)19(5)15(10-18)14-11-20-16-9-7-6-8-13(14)16/h6-9,11-12,15H,10,18H2,1-5H3. The van der Waals surface area contributed by atoms with Crippen molar-refractivity contribution < 1.29 is 0 Å². The summed E-state index contributed by atoms with van der Waals surface area (Å²) in [6.07, 6.45) is 0. The zero-order chi connectivity index (χ0) is 14.9. The van der Waals surface area contributed by atoms with Crippen molar-refractivity contribution in [3.8, 4) is 0 Å². The van der Waals surface area contributed by atoms with Gasteiger partial charge in [-0.3, -0.25) is 4.90 Å². The molecule has 20 heavy (non-hydrogen) atoms. The van der Waals surface area contributed by atoms with Crippen molar-refractivity contribution in [2.24, 2.45) is 11.1 Å². The van der Waals surface area contributed by atoms with Crippen LogP contribution in [0.2, 0.25) is 0 Å². The van der Waals surface area contributed by atoms with Crippen LogP contribution in [0, 0.1) is 5.41 Å². The van der Waals surface area contributed by atoms with E-state index in [4.69, 9.17) is 5.73 Å². The van der Waals surface area contributed by atoms with Crippen LogP contribution >= 0.6 is 11.3 Å². The summed E-state index contributed by atoms with van der Waals surface area (Å²) in [7, 11) is 2.19. The van der Waals surface area contributed by atoms with Gasteiger partial charge in [0.1, 0.15) is 0 Å². The number of likely N-dealkylation sites (N-methyl/N-ethyl adjacent to an activating group) is 1. The molecule has 2 rings (SSSR count). The fraction of sp³-hybridized carbons (Fsp3) is 0.529. The minimum absolute atomic E-state index is 0.244. The van der Waals surface area contributed by atoms with Gasteiger partial charge in [-0.1, -0.05) is 39.0 Å². The molecule has 2 atom stereocenters. The minimum atomic E-state index is 0.244. The second kappa shape index (κ2) is 5.84. The average molecular weight is 290 g/mol. The maximum absolute atomic E-state index is 6.10. The van der Waals surface area contributed by atoms with Gasteiger partial charge in [-0.2, -0.15) is 0 Å². The predicted octanol–water partition coefficient (Wildman–Crippen LogP) is 4.27. The van der Waals surface area contributed by atoms with Gasteiger partial charge >= 0.3 is 0 Å². The molecule has 0 aliphatic carbocycles. The molecule has 0 fully saturated rings. The van der Waals surface area contributed by atoms with Gasteiger partial charge in [0, 0.05) is 23.3 Å². The lowest BCUT2D eigenvalue weighted by molar-refractivity contribution is 0.101. The molecule has 2 aromatic rings. The van der Waals surface area contributed by atoms with E-state index in [2.05, 4.69) is 69.3 Å². The summed E-state index contributed by atoms with van der Waals surface area (Å²) in [6, 6.07) is 9.35. The molecule has 0 saturated carbocycles. The highest BCUT2D eigenvalue weighted by Crippen LogP contribution is 2.35. The Balaban J connectivity index is 2.37. The van der Waals surface area contributed by atoms with Crippen molar-refractivity contribution in [3.05, 3.63) is 35.2 Å². The molecule has 1 aromatic carbocycles. The number of fused-ring (bicyclic) bond motifs is 1. The first-order chi connectivity index (χ1) is 9.36. The molecule has 0 radical (unpaired) electrons. The van der Waals surface area contributed by atoms with Crippen LogP contribution in [0.5, 0.6) is 0 Å². The van der Waals surface area contributed by atoms with Crippen LogP contribution in [-0.4, -0.2) is 24.5 Å². The van der Waals surface area contributed by atoms with E-state index in [0.717, 1.165) is 0 Å². The first-order valence-electron chi connectivity index (χ1n) is 7.24. The Bertz CT molecular complexity index is 568. The average Bonchev–Trinajstić information content (AvgIpc) is 2.82.